The average molecular weight is 341 g/mol. The Hall–Kier alpha value is -1.48. The lowest BCUT2D eigenvalue weighted by Crippen LogP contribution is -2.49. The van der Waals surface area contributed by atoms with Gasteiger partial charge in [-0.2, -0.15) is 0 Å². The Labute approximate surface area is 136 Å². The standard InChI is InChI=1S/C15H23N3O4S/c1-12(18-8-10-22-11-9-18)15(19)17-7-6-13-2-4-14(5-3-13)23(16,20)21/h2-5,12H,6-11H2,1H3,(H,17,19)(H2,16,20,21)/t12-/m1/s1. The molecule has 1 heterocycles. The molecule has 0 unspecified atom stereocenters. The Bertz CT molecular complexity index is 625. The Morgan fingerprint density at radius 2 is 1.91 bits per heavy atom. The van der Waals surface area contributed by atoms with Gasteiger partial charge >= 0.3 is 0 Å². The maximum Gasteiger partial charge on any atom is 0.238 e. The minimum atomic E-state index is -3.66. The van der Waals surface area contributed by atoms with Gasteiger partial charge in [-0.05, 0) is 31.0 Å². The molecule has 1 aliphatic rings. The molecule has 3 N–H and O–H groups in total. The number of ether oxygens (including phenoxy) is 1. The Morgan fingerprint density at radius 3 is 2.48 bits per heavy atom. The van der Waals surface area contributed by atoms with Gasteiger partial charge in [0, 0.05) is 19.6 Å². The second-order valence-corrected chi connectivity index (χ2v) is 7.12. The van der Waals surface area contributed by atoms with Crippen molar-refractivity contribution in [3.05, 3.63) is 29.8 Å². The van der Waals surface area contributed by atoms with Gasteiger partial charge in [-0.15, -0.1) is 0 Å². The van der Waals surface area contributed by atoms with E-state index in [-0.39, 0.29) is 16.8 Å². The summed E-state index contributed by atoms with van der Waals surface area (Å²) >= 11 is 0. The van der Waals surface area contributed by atoms with Crippen molar-refractivity contribution >= 4 is 15.9 Å². The maximum atomic E-state index is 12.1. The quantitative estimate of drug-likeness (QED) is 0.740. The third kappa shape index (κ3) is 5.28. The summed E-state index contributed by atoms with van der Waals surface area (Å²) in [6.07, 6.45) is 0.631. The topological polar surface area (TPSA) is 102 Å². The Balaban J connectivity index is 1.78. The van der Waals surface area contributed by atoms with Gasteiger partial charge in [0.15, 0.2) is 0 Å². The lowest BCUT2D eigenvalue weighted by molar-refractivity contribution is -0.127. The molecular weight excluding hydrogens is 318 g/mol. The SMILES string of the molecule is C[C@H](C(=O)NCCc1ccc(S(N)(=O)=O)cc1)N1CCOCC1. The molecule has 1 saturated heterocycles. The molecule has 1 atom stereocenters. The second-order valence-electron chi connectivity index (χ2n) is 5.55. The number of carbonyl (C=O) groups excluding carboxylic acids is 1. The van der Waals surface area contributed by atoms with Gasteiger partial charge < -0.3 is 10.1 Å². The number of morpholine rings is 1. The summed E-state index contributed by atoms with van der Waals surface area (Å²) in [5.41, 5.74) is 0.941. The molecule has 0 bridgehead atoms. The summed E-state index contributed by atoms with van der Waals surface area (Å²) in [6, 6.07) is 6.18. The van der Waals surface area contributed by atoms with Crippen molar-refractivity contribution in [2.45, 2.75) is 24.3 Å². The van der Waals surface area contributed by atoms with E-state index in [1.54, 1.807) is 12.1 Å². The van der Waals surface area contributed by atoms with E-state index in [0.29, 0.717) is 26.2 Å². The molecule has 128 valence electrons. The normalized spacial score (nSPS) is 17.7. The number of primary sulfonamides is 1. The summed E-state index contributed by atoms with van der Waals surface area (Å²) in [6.45, 7) is 5.25. The summed E-state index contributed by atoms with van der Waals surface area (Å²) in [7, 11) is -3.66. The van der Waals surface area contributed by atoms with Crippen molar-refractivity contribution in [1.82, 2.24) is 10.2 Å². The zero-order valence-electron chi connectivity index (χ0n) is 13.2. The third-order valence-corrected chi connectivity index (χ3v) is 4.87. The highest BCUT2D eigenvalue weighted by molar-refractivity contribution is 7.89. The molecule has 1 amide bonds. The number of rotatable bonds is 6. The van der Waals surface area contributed by atoms with Crippen molar-refractivity contribution in [2.24, 2.45) is 5.14 Å². The molecule has 0 saturated carbocycles. The molecule has 23 heavy (non-hydrogen) atoms. The molecule has 8 heteroatoms. The Kier molecular flexibility index (Phi) is 6.11. The van der Waals surface area contributed by atoms with Crippen LogP contribution in [0.3, 0.4) is 0 Å². The van der Waals surface area contributed by atoms with Crippen molar-refractivity contribution < 1.29 is 17.9 Å². The lowest BCUT2D eigenvalue weighted by Gasteiger charge is -2.31. The smallest absolute Gasteiger partial charge is 0.238 e. The van der Waals surface area contributed by atoms with Crippen LogP contribution in [0.1, 0.15) is 12.5 Å². The Morgan fingerprint density at radius 1 is 1.30 bits per heavy atom. The first-order valence-corrected chi connectivity index (χ1v) is 9.14. The van der Waals surface area contributed by atoms with E-state index >= 15 is 0 Å². The molecule has 0 radical (unpaired) electrons. The van der Waals surface area contributed by atoms with Crippen molar-refractivity contribution in [3.8, 4) is 0 Å². The van der Waals surface area contributed by atoms with Crippen molar-refractivity contribution in [3.63, 3.8) is 0 Å². The van der Waals surface area contributed by atoms with Crippen LogP contribution in [-0.2, 0) is 26.0 Å². The number of benzene rings is 1. The number of amides is 1. The molecule has 1 aliphatic heterocycles. The van der Waals surface area contributed by atoms with Crippen LogP contribution < -0.4 is 10.5 Å². The molecule has 1 aromatic rings. The highest BCUT2D eigenvalue weighted by atomic mass is 32.2. The van der Waals surface area contributed by atoms with E-state index in [1.807, 2.05) is 6.92 Å². The molecule has 0 aliphatic carbocycles. The first-order chi connectivity index (χ1) is 10.9. The predicted octanol–water partition coefficient (Wildman–Crippen LogP) is -0.287. The number of nitrogens with zero attached hydrogens (tertiary/aromatic N) is 1. The minimum Gasteiger partial charge on any atom is -0.379 e. The van der Waals surface area contributed by atoms with Crippen LogP contribution in [0.4, 0.5) is 0 Å². The van der Waals surface area contributed by atoms with Crippen LogP contribution in [0.15, 0.2) is 29.2 Å². The van der Waals surface area contributed by atoms with E-state index in [2.05, 4.69) is 10.2 Å². The van der Waals surface area contributed by atoms with E-state index in [9.17, 15) is 13.2 Å². The zero-order valence-corrected chi connectivity index (χ0v) is 14.0. The summed E-state index contributed by atoms with van der Waals surface area (Å²) in [5.74, 6) is -0.00643. The van der Waals surface area contributed by atoms with Gasteiger partial charge in [0.1, 0.15) is 0 Å². The van der Waals surface area contributed by atoms with Crippen molar-refractivity contribution in [1.29, 1.82) is 0 Å². The highest BCUT2D eigenvalue weighted by Gasteiger charge is 2.22. The van der Waals surface area contributed by atoms with E-state index in [4.69, 9.17) is 9.88 Å². The van der Waals surface area contributed by atoms with E-state index < -0.39 is 10.0 Å². The summed E-state index contributed by atoms with van der Waals surface area (Å²) < 4.78 is 27.6. The fraction of sp³-hybridized carbons (Fsp3) is 0.533. The summed E-state index contributed by atoms with van der Waals surface area (Å²) in [5, 5.41) is 7.96. The fourth-order valence-electron chi connectivity index (χ4n) is 2.45. The van der Waals surface area contributed by atoms with Gasteiger partial charge in [0.05, 0.1) is 24.2 Å². The van der Waals surface area contributed by atoms with E-state index in [0.717, 1.165) is 18.7 Å². The zero-order chi connectivity index (χ0) is 16.9. The lowest BCUT2D eigenvalue weighted by atomic mass is 10.1. The van der Waals surface area contributed by atoms with Gasteiger partial charge in [-0.1, -0.05) is 12.1 Å². The number of hydrogen-bond acceptors (Lipinski definition) is 5. The fourth-order valence-corrected chi connectivity index (χ4v) is 2.97. The van der Waals surface area contributed by atoms with Crippen LogP contribution in [0.2, 0.25) is 0 Å². The molecule has 0 spiro atoms. The molecule has 2 rings (SSSR count). The largest absolute Gasteiger partial charge is 0.379 e. The molecule has 1 aromatic carbocycles. The third-order valence-electron chi connectivity index (χ3n) is 3.94. The van der Waals surface area contributed by atoms with Crippen LogP contribution in [-0.4, -0.2) is 58.1 Å². The molecule has 1 fully saturated rings. The van der Waals surface area contributed by atoms with E-state index in [1.165, 1.54) is 12.1 Å². The number of carbonyl (C=O) groups is 1. The molecule has 7 nitrogen and oxygen atoms in total. The first kappa shape index (κ1) is 17.9. The molecule has 0 aromatic heterocycles. The second kappa shape index (κ2) is 7.87. The average Bonchev–Trinajstić information content (AvgIpc) is 2.54. The monoisotopic (exact) mass is 341 g/mol. The van der Waals surface area contributed by atoms with Crippen LogP contribution >= 0.6 is 0 Å². The highest BCUT2D eigenvalue weighted by Crippen LogP contribution is 2.09. The van der Waals surface area contributed by atoms with Gasteiger partial charge in [0.25, 0.3) is 0 Å². The number of sulfonamides is 1. The maximum absolute atomic E-state index is 12.1. The predicted molar refractivity (Wildman–Crippen MR) is 86.4 cm³/mol. The number of nitrogens with one attached hydrogen (secondary N) is 1. The minimum absolute atomic E-state index is 0.00643. The van der Waals surface area contributed by atoms with Gasteiger partial charge in [-0.25, -0.2) is 13.6 Å². The number of hydrogen-bond donors (Lipinski definition) is 2. The summed E-state index contributed by atoms with van der Waals surface area (Å²) in [4.78, 5) is 14.3. The molecular formula is C15H23N3O4S. The number of nitrogens with two attached hydrogens (primary N) is 1. The van der Waals surface area contributed by atoms with Gasteiger partial charge in [0.2, 0.25) is 15.9 Å². The van der Waals surface area contributed by atoms with Crippen LogP contribution in [0, 0.1) is 0 Å². The first-order valence-electron chi connectivity index (χ1n) is 7.59. The van der Waals surface area contributed by atoms with Gasteiger partial charge in [-0.3, -0.25) is 9.69 Å². The van der Waals surface area contributed by atoms with Crippen LogP contribution in [0.5, 0.6) is 0 Å². The van der Waals surface area contributed by atoms with Crippen molar-refractivity contribution in [2.75, 3.05) is 32.8 Å². The van der Waals surface area contributed by atoms with Crippen LogP contribution in [0.25, 0.3) is 0 Å².